The topological polar surface area (TPSA) is 113 Å². The number of ether oxygens (including phenoxy) is 1. The predicted molar refractivity (Wildman–Crippen MR) is 67.4 cm³/mol. The third-order valence-electron chi connectivity index (χ3n) is 2.69. The lowest BCUT2D eigenvalue weighted by Gasteiger charge is -2.21. The zero-order valence-electron chi connectivity index (χ0n) is 10.1. The number of rotatable bonds is 3. The summed E-state index contributed by atoms with van der Waals surface area (Å²) in [4.78, 5) is 31.4. The molecule has 1 aromatic rings. The Balaban J connectivity index is 2.47. The minimum absolute atomic E-state index is 0.0166. The molecule has 0 bridgehead atoms. The number of carboxylic acids is 1. The number of amides is 1. The average molecular weight is 300 g/mol. The standard InChI is InChI=1S/C11H10ClN3O5/c1-2-3-20-11(19)15-6(10(17)18)7(16)5-8(12)13-4-14-9(5)15/h2,4,6-7,16H,1,3H2,(H,17,18). The summed E-state index contributed by atoms with van der Waals surface area (Å²) in [5.74, 6) is -1.50. The van der Waals surface area contributed by atoms with Crippen LogP contribution in [0.1, 0.15) is 11.7 Å². The fourth-order valence-electron chi connectivity index (χ4n) is 1.89. The minimum Gasteiger partial charge on any atom is -0.480 e. The molecule has 2 rings (SSSR count). The van der Waals surface area contributed by atoms with Gasteiger partial charge in [0.15, 0.2) is 6.04 Å². The van der Waals surface area contributed by atoms with Crippen LogP contribution in [0.15, 0.2) is 19.0 Å². The summed E-state index contributed by atoms with van der Waals surface area (Å²) in [5, 5.41) is 19.1. The number of nitrogens with zero attached hydrogens (tertiary/aromatic N) is 3. The number of aliphatic hydroxyl groups excluding tert-OH is 1. The molecule has 1 aliphatic heterocycles. The normalized spacial score (nSPS) is 20.4. The van der Waals surface area contributed by atoms with Gasteiger partial charge in [0.25, 0.3) is 0 Å². The Morgan fingerprint density at radius 1 is 1.55 bits per heavy atom. The molecule has 9 heteroatoms. The number of carboxylic acid groups (broad SMARTS) is 1. The van der Waals surface area contributed by atoms with Crippen molar-refractivity contribution in [1.29, 1.82) is 0 Å². The van der Waals surface area contributed by atoms with Crippen molar-refractivity contribution in [2.24, 2.45) is 0 Å². The van der Waals surface area contributed by atoms with Crippen molar-refractivity contribution in [3.8, 4) is 0 Å². The molecule has 0 aromatic carbocycles. The zero-order chi connectivity index (χ0) is 14.9. The summed E-state index contributed by atoms with van der Waals surface area (Å²) in [5.41, 5.74) is -0.0166. The van der Waals surface area contributed by atoms with Crippen molar-refractivity contribution in [3.63, 3.8) is 0 Å². The number of anilines is 1. The van der Waals surface area contributed by atoms with Crippen LogP contribution in [-0.2, 0) is 9.53 Å². The maximum absolute atomic E-state index is 11.9. The molecule has 0 radical (unpaired) electrons. The fraction of sp³-hybridized carbons (Fsp3) is 0.273. The molecule has 2 unspecified atom stereocenters. The van der Waals surface area contributed by atoms with Crippen molar-refractivity contribution in [1.82, 2.24) is 9.97 Å². The Kier molecular flexibility index (Phi) is 3.86. The molecule has 1 aliphatic rings. The number of aliphatic hydroxyl groups is 1. The molecule has 0 spiro atoms. The smallest absolute Gasteiger partial charge is 0.416 e. The number of aliphatic carboxylic acids is 1. The average Bonchev–Trinajstić information content (AvgIpc) is 2.70. The van der Waals surface area contributed by atoms with E-state index in [0.717, 1.165) is 11.2 Å². The van der Waals surface area contributed by atoms with Gasteiger partial charge in [-0.1, -0.05) is 24.3 Å². The highest BCUT2D eigenvalue weighted by molar-refractivity contribution is 6.30. The van der Waals surface area contributed by atoms with Gasteiger partial charge in [-0.2, -0.15) is 0 Å². The number of fused-ring (bicyclic) bond motifs is 1. The van der Waals surface area contributed by atoms with Crippen LogP contribution in [0.5, 0.6) is 0 Å². The Labute approximate surface area is 118 Å². The Morgan fingerprint density at radius 2 is 2.25 bits per heavy atom. The highest BCUT2D eigenvalue weighted by atomic mass is 35.5. The largest absolute Gasteiger partial charge is 0.480 e. The van der Waals surface area contributed by atoms with E-state index in [4.69, 9.17) is 16.3 Å². The van der Waals surface area contributed by atoms with E-state index in [1.165, 1.54) is 6.08 Å². The van der Waals surface area contributed by atoms with Crippen LogP contribution in [0.4, 0.5) is 10.6 Å². The van der Waals surface area contributed by atoms with Crippen molar-refractivity contribution in [2.45, 2.75) is 12.1 Å². The summed E-state index contributed by atoms with van der Waals surface area (Å²) in [6.07, 6.45) is -0.114. The van der Waals surface area contributed by atoms with Gasteiger partial charge in [-0.25, -0.2) is 24.5 Å². The second-order valence-corrected chi connectivity index (χ2v) is 4.22. The number of aromatic nitrogens is 2. The summed E-state index contributed by atoms with van der Waals surface area (Å²) in [6, 6.07) is -1.57. The zero-order valence-corrected chi connectivity index (χ0v) is 10.8. The molecule has 0 fully saturated rings. The van der Waals surface area contributed by atoms with Gasteiger partial charge in [0.1, 0.15) is 30.0 Å². The molecule has 2 N–H and O–H groups in total. The fourth-order valence-corrected chi connectivity index (χ4v) is 2.13. The highest BCUT2D eigenvalue weighted by Gasteiger charge is 2.48. The first-order valence-electron chi connectivity index (χ1n) is 5.47. The highest BCUT2D eigenvalue weighted by Crippen LogP contribution is 2.41. The first-order chi connectivity index (χ1) is 9.49. The monoisotopic (exact) mass is 299 g/mol. The lowest BCUT2D eigenvalue weighted by atomic mass is 10.1. The van der Waals surface area contributed by atoms with Gasteiger partial charge in [0.2, 0.25) is 0 Å². The van der Waals surface area contributed by atoms with Crippen LogP contribution in [-0.4, -0.2) is 44.9 Å². The van der Waals surface area contributed by atoms with Gasteiger partial charge in [0.05, 0.1) is 5.56 Å². The van der Waals surface area contributed by atoms with E-state index in [0.29, 0.717) is 0 Å². The maximum Gasteiger partial charge on any atom is 0.416 e. The van der Waals surface area contributed by atoms with Gasteiger partial charge in [-0.05, 0) is 0 Å². The van der Waals surface area contributed by atoms with Gasteiger partial charge in [0, 0.05) is 0 Å². The minimum atomic E-state index is -1.57. The van der Waals surface area contributed by atoms with Crippen molar-refractivity contribution < 1.29 is 24.5 Å². The van der Waals surface area contributed by atoms with Gasteiger partial charge in [-0.15, -0.1) is 0 Å². The van der Waals surface area contributed by atoms with Crippen LogP contribution < -0.4 is 4.90 Å². The van der Waals surface area contributed by atoms with Gasteiger partial charge in [-0.3, -0.25) is 0 Å². The van der Waals surface area contributed by atoms with E-state index in [9.17, 15) is 19.8 Å². The summed E-state index contributed by atoms with van der Waals surface area (Å²) in [7, 11) is 0. The second kappa shape index (κ2) is 5.43. The lowest BCUT2D eigenvalue weighted by Crippen LogP contribution is -2.45. The van der Waals surface area contributed by atoms with Crippen LogP contribution in [0, 0.1) is 0 Å². The Hall–Kier alpha value is -2.19. The molecule has 0 saturated carbocycles. The summed E-state index contributed by atoms with van der Waals surface area (Å²) in [6.45, 7) is 3.27. The van der Waals surface area contributed by atoms with Gasteiger partial charge < -0.3 is 14.9 Å². The van der Waals surface area contributed by atoms with Crippen LogP contribution in [0.3, 0.4) is 0 Å². The predicted octanol–water partition coefficient (Wildman–Crippen LogP) is 0.759. The van der Waals surface area contributed by atoms with E-state index in [1.54, 1.807) is 0 Å². The second-order valence-electron chi connectivity index (χ2n) is 3.87. The SMILES string of the molecule is C=CCOC(=O)N1c2ncnc(Cl)c2C(O)C1C(=O)O. The van der Waals surface area contributed by atoms with Crippen LogP contribution in [0.2, 0.25) is 5.15 Å². The molecular weight excluding hydrogens is 290 g/mol. The van der Waals surface area contributed by atoms with E-state index < -0.39 is 24.2 Å². The first kappa shape index (κ1) is 14.2. The number of carbonyl (C=O) groups is 2. The molecule has 1 aromatic heterocycles. The molecule has 2 atom stereocenters. The van der Waals surface area contributed by atoms with Crippen molar-refractivity contribution in [2.75, 3.05) is 11.5 Å². The molecule has 20 heavy (non-hydrogen) atoms. The third-order valence-corrected chi connectivity index (χ3v) is 2.99. The summed E-state index contributed by atoms with van der Waals surface area (Å²) >= 11 is 5.81. The lowest BCUT2D eigenvalue weighted by molar-refractivity contribution is -0.141. The van der Waals surface area contributed by atoms with E-state index in [1.807, 2.05) is 0 Å². The third kappa shape index (κ3) is 2.19. The van der Waals surface area contributed by atoms with Gasteiger partial charge >= 0.3 is 12.1 Å². The Bertz CT molecular complexity index is 579. The Morgan fingerprint density at radius 3 is 2.85 bits per heavy atom. The molecular formula is C11H10ClN3O5. The van der Waals surface area contributed by atoms with E-state index in [-0.39, 0.29) is 23.1 Å². The number of hydrogen-bond acceptors (Lipinski definition) is 6. The number of carbonyl (C=O) groups excluding carboxylic acids is 1. The number of hydrogen-bond donors (Lipinski definition) is 2. The molecule has 106 valence electrons. The van der Waals surface area contributed by atoms with Crippen LogP contribution in [0.25, 0.3) is 0 Å². The molecule has 2 heterocycles. The van der Waals surface area contributed by atoms with Crippen molar-refractivity contribution in [3.05, 3.63) is 29.7 Å². The van der Waals surface area contributed by atoms with Crippen LogP contribution >= 0.6 is 11.6 Å². The quantitative estimate of drug-likeness (QED) is 0.625. The number of halogens is 1. The van der Waals surface area contributed by atoms with E-state index in [2.05, 4.69) is 16.5 Å². The molecule has 0 saturated heterocycles. The van der Waals surface area contributed by atoms with Crippen molar-refractivity contribution >= 4 is 29.5 Å². The molecule has 1 amide bonds. The molecule has 8 nitrogen and oxygen atoms in total. The first-order valence-corrected chi connectivity index (χ1v) is 5.85. The maximum atomic E-state index is 11.9. The summed E-state index contributed by atoms with van der Waals surface area (Å²) < 4.78 is 4.79. The molecule has 0 aliphatic carbocycles. The van der Waals surface area contributed by atoms with E-state index >= 15 is 0 Å².